The molecular formula is C12H21N3S. The minimum absolute atomic E-state index is 0.902. The monoisotopic (exact) mass is 239 g/mol. The third-order valence-corrected chi connectivity index (χ3v) is 3.17. The van der Waals surface area contributed by atoms with E-state index in [1.54, 1.807) is 0 Å². The topological polar surface area (TPSA) is 37.8 Å². The van der Waals surface area contributed by atoms with Crippen LogP contribution in [0, 0.1) is 6.92 Å². The lowest BCUT2D eigenvalue weighted by Crippen LogP contribution is -2.04. The molecule has 1 N–H and O–H groups in total. The average Bonchev–Trinajstić information content (AvgIpc) is 2.24. The number of nitrogens with zero attached hydrogens (tertiary/aromatic N) is 2. The van der Waals surface area contributed by atoms with E-state index in [9.17, 15) is 0 Å². The molecule has 3 nitrogen and oxygen atoms in total. The zero-order valence-corrected chi connectivity index (χ0v) is 11.2. The van der Waals surface area contributed by atoms with Gasteiger partial charge in [0.1, 0.15) is 11.6 Å². The van der Waals surface area contributed by atoms with Gasteiger partial charge >= 0.3 is 0 Å². The molecule has 0 amide bonds. The van der Waals surface area contributed by atoms with E-state index in [-0.39, 0.29) is 0 Å². The summed E-state index contributed by atoms with van der Waals surface area (Å²) in [4.78, 5) is 8.92. The third-order valence-electron chi connectivity index (χ3n) is 2.13. The first-order chi connectivity index (χ1) is 7.76. The summed E-state index contributed by atoms with van der Waals surface area (Å²) in [6, 6.07) is 1.99. The summed E-state index contributed by atoms with van der Waals surface area (Å²) < 4.78 is 0. The molecule has 0 aliphatic heterocycles. The lowest BCUT2D eigenvalue weighted by atomic mass is 10.4. The van der Waals surface area contributed by atoms with E-state index < -0.39 is 0 Å². The summed E-state index contributed by atoms with van der Waals surface area (Å²) in [7, 11) is 0. The van der Waals surface area contributed by atoms with Gasteiger partial charge < -0.3 is 5.32 Å². The summed E-state index contributed by atoms with van der Waals surface area (Å²) in [6.45, 7) is 7.21. The number of thioether (sulfide) groups is 1. The van der Waals surface area contributed by atoms with E-state index in [2.05, 4.69) is 29.1 Å². The molecule has 0 saturated heterocycles. The van der Waals surface area contributed by atoms with Gasteiger partial charge in [-0.1, -0.05) is 13.3 Å². The summed E-state index contributed by atoms with van der Waals surface area (Å²) in [6.07, 6.45) is 2.53. The standard InChI is InChI=1S/C12H21N3S/c1-4-6-7-16-9-12-14-10(3)8-11(15-12)13-5-2/h8H,4-7,9H2,1-3H3,(H,13,14,15). The van der Waals surface area contributed by atoms with Gasteiger partial charge in [-0.3, -0.25) is 0 Å². The normalized spacial score (nSPS) is 10.4. The van der Waals surface area contributed by atoms with Crippen LogP contribution in [-0.4, -0.2) is 22.3 Å². The molecule has 1 heterocycles. The first kappa shape index (κ1) is 13.3. The number of hydrogen-bond donors (Lipinski definition) is 1. The minimum Gasteiger partial charge on any atom is -0.370 e. The van der Waals surface area contributed by atoms with E-state index in [0.29, 0.717) is 0 Å². The van der Waals surface area contributed by atoms with Crippen molar-refractivity contribution >= 4 is 17.6 Å². The molecule has 0 aliphatic rings. The Hall–Kier alpha value is -0.770. The van der Waals surface area contributed by atoms with Crippen LogP contribution >= 0.6 is 11.8 Å². The maximum Gasteiger partial charge on any atom is 0.140 e. The Balaban J connectivity index is 2.51. The number of aryl methyl sites for hydroxylation is 1. The van der Waals surface area contributed by atoms with Crippen molar-refractivity contribution in [1.82, 2.24) is 9.97 Å². The summed E-state index contributed by atoms with van der Waals surface area (Å²) >= 11 is 1.91. The Morgan fingerprint density at radius 3 is 2.81 bits per heavy atom. The molecule has 0 bridgehead atoms. The highest BCUT2D eigenvalue weighted by atomic mass is 32.2. The highest BCUT2D eigenvalue weighted by molar-refractivity contribution is 7.98. The Labute approximate surface area is 102 Å². The van der Waals surface area contributed by atoms with Crippen molar-refractivity contribution in [3.05, 3.63) is 17.6 Å². The second-order valence-electron chi connectivity index (χ2n) is 3.75. The third kappa shape index (κ3) is 4.84. The second kappa shape index (κ2) is 7.49. The van der Waals surface area contributed by atoms with Crippen LogP contribution in [0.25, 0.3) is 0 Å². The van der Waals surface area contributed by atoms with Gasteiger partial charge in [-0.2, -0.15) is 11.8 Å². The van der Waals surface area contributed by atoms with E-state index >= 15 is 0 Å². The maximum absolute atomic E-state index is 4.48. The molecule has 0 aliphatic carbocycles. The molecule has 0 spiro atoms. The van der Waals surface area contributed by atoms with Gasteiger partial charge in [-0.05, 0) is 26.0 Å². The van der Waals surface area contributed by atoms with E-state index in [1.165, 1.54) is 18.6 Å². The predicted octanol–water partition coefficient (Wildman–Crippen LogP) is 3.25. The van der Waals surface area contributed by atoms with E-state index in [1.807, 2.05) is 24.8 Å². The number of rotatable bonds is 7. The molecule has 1 rings (SSSR count). The molecular weight excluding hydrogens is 218 g/mol. The van der Waals surface area contributed by atoms with Crippen molar-refractivity contribution in [2.45, 2.75) is 39.4 Å². The van der Waals surface area contributed by atoms with Crippen molar-refractivity contribution in [2.75, 3.05) is 17.6 Å². The molecule has 0 aromatic carbocycles. The van der Waals surface area contributed by atoms with E-state index in [4.69, 9.17) is 0 Å². The Morgan fingerprint density at radius 1 is 1.31 bits per heavy atom. The molecule has 0 saturated carbocycles. The number of unbranched alkanes of at least 4 members (excludes halogenated alkanes) is 1. The smallest absolute Gasteiger partial charge is 0.140 e. The lowest BCUT2D eigenvalue weighted by Gasteiger charge is -2.06. The summed E-state index contributed by atoms with van der Waals surface area (Å²) in [5.74, 6) is 4.00. The fourth-order valence-electron chi connectivity index (χ4n) is 1.38. The Bertz CT molecular complexity index is 315. The molecule has 0 atom stereocenters. The molecule has 0 fully saturated rings. The second-order valence-corrected chi connectivity index (χ2v) is 4.85. The molecule has 4 heteroatoms. The van der Waals surface area contributed by atoms with Crippen LogP contribution in [0.3, 0.4) is 0 Å². The first-order valence-electron chi connectivity index (χ1n) is 5.92. The van der Waals surface area contributed by atoms with Gasteiger partial charge in [0.25, 0.3) is 0 Å². The maximum atomic E-state index is 4.48. The van der Waals surface area contributed by atoms with Crippen LogP contribution in [0.2, 0.25) is 0 Å². The average molecular weight is 239 g/mol. The van der Waals surface area contributed by atoms with Gasteiger partial charge in [0.15, 0.2) is 0 Å². The number of nitrogens with one attached hydrogen (secondary N) is 1. The number of hydrogen-bond acceptors (Lipinski definition) is 4. The van der Waals surface area contributed by atoms with Crippen molar-refractivity contribution in [3.63, 3.8) is 0 Å². The fourth-order valence-corrected chi connectivity index (χ4v) is 2.32. The lowest BCUT2D eigenvalue weighted by molar-refractivity contribution is 0.894. The Morgan fingerprint density at radius 2 is 2.12 bits per heavy atom. The number of anilines is 1. The number of aromatic nitrogens is 2. The van der Waals surface area contributed by atoms with Crippen molar-refractivity contribution in [2.24, 2.45) is 0 Å². The van der Waals surface area contributed by atoms with Gasteiger partial charge in [0.05, 0.1) is 5.75 Å². The van der Waals surface area contributed by atoms with Crippen LogP contribution < -0.4 is 5.32 Å². The Kier molecular flexibility index (Phi) is 6.23. The van der Waals surface area contributed by atoms with Gasteiger partial charge in [-0.15, -0.1) is 0 Å². The van der Waals surface area contributed by atoms with E-state index in [0.717, 1.165) is 29.6 Å². The van der Waals surface area contributed by atoms with Crippen LogP contribution in [0.1, 0.15) is 38.2 Å². The van der Waals surface area contributed by atoms with Gasteiger partial charge in [0, 0.05) is 18.3 Å². The van der Waals surface area contributed by atoms with Crippen molar-refractivity contribution in [1.29, 1.82) is 0 Å². The van der Waals surface area contributed by atoms with Crippen LogP contribution in [-0.2, 0) is 5.75 Å². The van der Waals surface area contributed by atoms with Crippen molar-refractivity contribution in [3.8, 4) is 0 Å². The highest BCUT2D eigenvalue weighted by Crippen LogP contribution is 2.13. The first-order valence-corrected chi connectivity index (χ1v) is 7.08. The molecule has 1 aromatic heterocycles. The van der Waals surface area contributed by atoms with Crippen LogP contribution in [0.15, 0.2) is 6.07 Å². The SMILES string of the molecule is CCCCSCc1nc(C)cc(NCC)n1. The molecule has 0 unspecified atom stereocenters. The molecule has 16 heavy (non-hydrogen) atoms. The summed E-state index contributed by atoms with van der Waals surface area (Å²) in [5, 5.41) is 3.23. The predicted molar refractivity (Wildman–Crippen MR) is 72.0 cm³/mol. The minimum atomic E-state index is 0.902. The van der Waals surface area contributed by atoms with Crippen LogP contribution in [0.4, 0.5) is 5.82 Å². The van der Waals surface area contributed by atoms with Gasteiger partial charge in [0.2, 0.25) is 0 Å². The molecule has 0 radical (unpaired) electrons. The zero-order chi connectivity index (χ0) is 11.8. The highest BCUT2D eigenvalue weighted by Gasteiger charge is 2.01. The largest absolute Gasteiger partial charge is 0.370 e. The van der Waals surface area contributed by atoms with Crippen LogP contribution in [0.5, 0.6) is 0 Å². The van der Waals surface area contributed by atoms with Crippen molar-refractivity contribution < 1.29 is 0 Å². The quantitative estimate of drug-likeness (QED) is 0.741. The molecule has 1 aromatic rings. The summed E-state index contributed by atoms with van der Waals surface area (Å²) in [5.41, 5.74) is 1.04. The molecule has 90 valence electrons. The zero-order valence-electron chi connectivity index (χ0n) is 10.4. The van der Waals surface area contributed by atoms with Gasteiger partial charge in [-0.25, -0.2) is 9.97 Å². The fraction of sp³-hybridized carbons (Fsp3) is 0.667.